The van der Waals surface area contributed by atoms with Crippen molar-refractivity contribution in [3.8, 4) is 0 Å². The average molecular weight is 252 g/mol. The molecule has 2 nitrogen and oxygen atoms in total. The Labute approximate surface area is 114 Å². The van der Waals surface area contributed by atoms with E-state index in [1.807, 2.05) is 0 Å². The van der Waals surface area contributed by atoms with E-state index in [1.54, 1.807) is 0 Å². The minimum absolute atomic E-state index is 0.757. The minimum Gasteiger partial charge on any atom is -0.317 e. The molecule has 5 unspecified atom stereocenters. The summed E-state index contributed by atoms with van der Waals surface area (Å²) in [5.74, 6) is 2.73. The molecule has 0 amide bonds. The van der Waals surface area contributed by atoms with Crippen molar-refractivity contribution in [2.24, 2.45) is 17.8 Å². The Bertz CT molecular complexity index is 253. The molecule has 1 heterocycles. The summed E-state index contributed by atoms with van der Waals surface area (Å²) in [5.41, 5.74) is 0. The predicted molar refractivity (Wildman–Crippen MR) is 78.8 cm³/mol. The molecule has 0 aromatic rings. The Kier molecular flexibility index (Phi) is 5.08. The molecule has 18 heavy (non-hydrogen) atoms. The van der Waals surface area contributed by atoms with Crippen LogP contribution in [0.25, 0.3) is 0 Å². The van der Waals surface area contributed by atoms with Crippen molar-refractivity contribution in [1.82, 2.24) is 10.2 Å². The first-order valence-electron chi connectivity index (χ1n) is 8.01. The summed E-state index contributed by atoms with van der Waals surface area (Å²) in [6.45, 7) is 9.91. The molecule has 0 aromatic heterocycles. The molecule has 0 aromatic carbocycles. The molecule has 1 saturated carbocycles. The molecular formula is C16H32N2. The van der Waals surface area contributed by atoms with E-state index < -0.39 is 0 Å². The molecule has 2 heteroatoms. The molecule has 0 bridgehead atoms. The first kappa shape index (κ1) is 14.3. The van der Waals surface area contributed by atoms with Crippen LogP contribution in [0.2, 0.25) is 0 Å². The van der Waals surface area contributed by atoms with Crippen LogP contribution in [0.4, 0.5) is 0 Å². The van der Waals surface area contributed by atoms with Crippen molar-refractivity contribution in [3.63, 3.8) is 0 Å². The lowest BCUT2D eigenvalue weighted by molar-refractivity contribution is 0.0808. The zero-order valence-corrected chi connectivity index (χ0v) is 12.8. The van der Waals surface area contributed by atoms with E-state index in [0.29, 0.717) is 0 Å². The van der Waals surface area contributed by atoms with Crippen molar-refractivity contribution >= 4 is 0 Å². The average Bonchev–Trinajstić information content (AvgIpc) is 2.33. The zero-order valence-electron chi connectivity index (χ0n) is 12.8. The third-order valence-electron chi connectivity index (χ3n) is 5.36. The van der Waals surface area contributed by atoms with Crippen LogP contribution in [0.15, 0.2) is 0 Å². The zero-order chi connectivity index (χ0) is 13.1. The third-order valence-corrected chi connectivity index (χ3v) is 5.36. The third kappa shape index (κ3) is 3.48. The largest absolute Gasteiger partial charge is 0.317 e. The fourth-order valence-electron chi connectivity index (χ4n) is 4.11. The maximum atomic E-state index is 3.56. The highest BCUT2D eigenvalue weighted by molar-refractivity contribution is 4.87. The van der Waals surface area contributed by atoms with Gasteiger partial charge in [-0.05, 0) is 70.4 Å². The fraction of sp³-hybridized carbons (Fsp3) is 1.00. The lowest BCUT2D eigenvalue weighted by atomic mass is 9.78. The summed E-state index contributed by atoms with van der Waals surface area (Å²) < 4.78 is 0. The summed E-state index contributed by atoms with van der Waals surface area (Å²) in [5, 5.41) is 3.56. The van der Waals surface area contributed by atoms with Crippen molar-refractivity contribution in [2.45, 2.75) is 65.0 Å². The van der Waals surface area contributed by atoms with Gasteiger partial charge in [0.05, 0.1) is 0 Å². The van der Waals surface area contributed by atoms with Crippen LogP contribution < -0.4 is 5.32 Å². The van der Waals surface area contributed by atoms with Crippen molar-refractivity contribution in [1.29, 1.82) is 0 Å². The van der Waals surface area contributed by atoms with Gasteiger partial charge in [0.15, 0.2) is 0 Å². The monoisotopic (exact) mass is 252 g/mol. The second-order valence-corrected chi connectivity index (χ2v) is 7.05. The van der Waals surface area contributed by atoms with Gasteiger partial charge >= 0.3 is 0 Å². The Morgan fingerprint density at radius 3 is 2.39 bits per heavy atom. The Morgan fingerprint density at radius 2 is 1.72 bits per heavy atom. The van der Waals surface area contributed by atoms with Crippen LogP contribution in [0.5, 0.6) is 0 Å². The molecule has 2 rings (SSSR count). The molecule has 0 spiro atoms. The van der Waals surface area contributed by atoms with Gasteiger partial charge in [0.2, 0.25) is 0 Å². The van der Waals surface area contributed by atoms with Crippen LogP contribution >= 0.6 is 0 Å². The first-order valence-corrected chi connectivity index (χ1v) is 8.01. The summed E-state index contributed by atoms with van der Waals surface area (Å²) in [4.78, 5) is 2.76. The topological polar surface area (TPSA) is 15.3 Å². The van der Waals surface area contributed by atoms with Crippen molar-refractivity contribution in [2.75, 3.05) is 20.1 Å². The number of piperidine rings is 1. The Morgan fingerprint density at radius 1 is 1.00 bits per heavy atom. The van der Waals surface area contributed by atoms with Gasteiger partial charge in [0.1, 0.15) is 0 Å². The van der Waals surface area contributed by atoms with E-state index in [0.717, 1.165) is 29.8 Å². The van der Waals surface area contributed by atoms with Gasteiger partial charge in [-0.25, -0.2) is 0 Å². The van der Waals surface area contributed by atoms with E-state index in [-0.39, 0.29) is 0 Å². The highest BCUT2D eigenvalue weighted by Crippen LogP contribution is 2.31. The molecule has 1 N–H and O–H groups in total. The minimum atomic E-state index is 0.757. The summed E-state index contributed by atoms with van der Waals surface area (Å²) in [7, 11) is 2.15. The molecule has 2 aliphatic rings. The smallest absolute Gasteiger partial charge is 0.0105 e. The fourth-order valence-corrected chi connectivity index (χ4v) is 4.11. The van der Waals surface area contributed by atoms with Gasteiger partial charge in [-0.15, -0.1) is 0 Å². The molecule has 5 atom stereocenters. The molecule has 1 aliphatic heterocycles. The highest BCUT2D eigenvalue weighted by Gasteiger charge is 2.31. The van der Waals surface area contributed by atoms with Gasteiger partial charge in [-0.1, -0.05) is 13.8 Å². The number of hydrogen-bond acceptors (Lipinski definition) is 2. The van der Waals surface area contributed by atoms with Gasteiger partial charge in [0, 0.05) is 18.6 Å². The van der Waals surface area contributed by atoms with E-state index in [2.05, 4.69) is 38.0 Å². The van der Waals surface area contributed by atoms with Crippen molar-refractivity contribution < 1.29 is 0 Å². The number of rotatable bonds is 3. The van der Waals surface area contributed by atoms with Gasteiger partial charge in [0.25, 0.3) is 0 Å². The van der Waals surface area contributed by atoms with Gasteiger partial charge in [-0.2, -0.15) is 0 Å². The van der Waals surface area contributed by atoms with Gasteiger partial charge < -0.3 is 10.2 Å². The standard InChI is InChI=1S/C16H32N2/c1-12-5-6-16(17-4)15(10-12)11-18-8-7-13(2)9-14(18)3/h12-17H,5-11H2,1-4H3. The number of nitrogens with one attached hydrogen (secondary N) is 1. The van der Waals surface area contributed by atoms with E-state index >= 15 is 0 Å². The molecule has 106 valence electrons. The molecule has 1 aliphatic carbocycles. The van der Waals surface area contributed by atoms with Crippen molar-refractivity contribution in [3.05, 3.63) is 0 Å². The van der Waals surface area contributed by atoms with Crippen LogP contribution in [-0.2, 0) is 0 Å². The molecular weight excluding hydrogens is 220 g/mol. The number of nitrogens with zero attached hydrogens (tertiary/aromatic N) is 1. The summed E-state index contributed by atoms with van der Waals surface area (Å²) in [6.07, 6.45) is 7.00. The lowest BCUT2D eigenvalue weighted by Gasteiger charge is -2.42. The van der Waals surface area contributed by atoms with Crippen LogP contribution in [0.1, 0.15) is 52.9 Å². The maximum absolute atomic E-state index is 3.56. The van der Waals surface area contributed by atoms with E-state index in [1.165, 1.54) is 45.2 Å². The number of likely N-dealkylation sites (tertiary alicyclic amines) is 1. The Hall–Kier alpha value is -0.0800. The SMILES string of the molecule is CNC1CCC(C)CC1CN1CCC(C)CC1C. The van der Waals surface area contributed by atoms with Crippen LogP contribution in [0, 0.1) is 17.8 Å². The van der Waals surface area contributed by atoms with Gasteiger partial charge in [-0.3, -0.25) is 0 Å². The molecule has 1 saturated heterocycles. The lowest BCUT2D eigenvalue weighted by Crippen LogP contribution is -2.48. The van der Waals surface area contributed by atoms with E-state index in [4.69, 9.17) is 0 Å². The molecule has 2 fully saturated rings. The summed E-state index contributed by atoms with van der Waals surface area (Å²) in [6, 6.07) is 1.55. The second kappa shape index (κ2) is 6.38. The molecule has 0 radical (unpaired) electrons. The maximum Gasteiger partial charge on any atom is 0.0105 e. The first-order chi connectivity index (χ1) is 8.60. The predicted octanol–water partition coefficient (Wildman–Crippen LogP) is 3.13. The summed E-state index contributed by atoms with van der Waals surface area (Å²) >= 11 is 0. The normalized spacial score (nSPS) is 43.0. The number of hydrogen-bond donors (Lipinski definition) is 1. The van der Waals surface area contributed by atoms with Crippen LogP contribution in [-0.4, -0.2) is 37.1 Å². The van der Waals surface area contributed by atoms with Crippen LogP contribution in [0.3, 0.4) is 0 Å². The second-order valence-electron chi connectivity index (χ2n) is 7.05. The highest BCUT2D eigenvalue weighted by atomic mass is 15.2. The van der Waals surface area contributed by atoms with E-state index in [9.17, 15) is 0 Å². The quantitative estimate of drug-likeness (QED) is 0.830. The Balaban J connectivity index is 1.90.